The van der Waals surface area contributed by atoms with Crippen molar-refractivity contribution in [1.29, 1.82) is 0 Å². The molecule has 0 aliphatic rings. The van der Waals surface area contributed by atoms with Crippen LogP contribution in [0.25, 0.3) is 0 Å². The molecule has 0 saturated carbocycles. The minimum atomic E-state index is -0.0967. The number of aryl methyl sites for hydroxylation is 1. The molecule has 0 fully saturated rings. The molecule has 0 aliphatic carbocycles. The van der Waals surface area contributed by atoms with Gasteiger partial charge < -0.3 is 5.32 Å². The van der Waals surface area contributed by atoms with Gasteiger partial charge in [0.2, 0.25) is 0 Å². The number of rotatable bonds is 2. The molecule has 0 atom stereocenters. The van der Waals surface area contributed by atoms with Gasteiger partial charge in [-0.1, -0.05) is 29.8 Å². The van der Waals surface area contributed by atoms with Crippen molar-refractivity contribution in [2.75, 3.05) is 5.32 Å². The van der Waals surface area contributed by atoms with Crippen LogP contribution < -0.4 is 5.32 Å². The van der Waals surface area contributed by atoms with Crippen LogP contribution in [0.5, 0.6) is 0 Å². The molecule has 0 aromatic heterocycles. The van der Waals surface area contributed by atoms with Crippen LogP contribution in [0, 0.1) is 6.92 Å². The highest BCUT2D eigenvalue weighted by Gasteiger charge is 2.07. The highest BCUT2D eigenvalue weighted by atomic mass is 79.9. The van der Waals surface area contributed by atoms with Gasteiger partial charge in [0.25, 0.3) is 5.91 Å². The van der Waals surface area contributed by atoms with Gasteiger partial charge in [0.15, 0.2) is 0 Å². The summed E-state index contributed by atoms with van der Waals surface area (Å²) in [4.78, 5) is 12.0. The van der Waals surface area contributed by atoms with Crippen molar-refractivity contribution < 1.29 is 4.79 Å². The lowest BCUT2D eigenvalue weighted by atomic mass is 10.1. The zero-order valence-corrected chi connectivity index (χ0v) is 11.0. The van der Waals surface area contributed by atoms with Crippen molar-refractivity contribution in [3.05, 3.63) is 64.1 Å². The van der Waals surface area contributed by atoms with Crippen molar-refractivity contribution in [3.63, 3.8) is 0 Å². The van der Waals surface area contributed by atoms with Crippen molar-refractivity contribution in [2.45, 2.75) is 6.92 Å². The minimum Gasteiger partial charge on any atom is -0.321 e. The Balaban J connectivity index is 2.20. The first-order valence-electron chi connectivity index (χ1n) is 5.29. The number of anilines is 1. The predicted octanol–water partition coefficient (Wildman–Crippen LogP) is 4.01. The topological polar surface area (TPSA) is 29.1 Å². The number of carbonyl (C=O) groups excluding carboxylic acids is 1. The van der Waals surface area contributed by atoms with Crippen molar-refractivity contribution in [3.8, 4) is 0 Å². The van der Waals surface area contributed by atoms with Gasteiger partial charge in [-0.2, -0.15) is 0 Å². The summed E-state index contributed by atoms with van der Waals surface area (Å²) in [5, 5.41) is 2.87. The molecule has 0 aliphatic heterocycles. The first kappa shape index (κ1) is 11.9. The molecule has 2 aromatic rings. The van der Waals surface area contributed by atoms with Gasteiger partial charge in [-0.25, -0.2) is 0 Å². The average Bonchev–Trinajstić information content (AvgIpc) is 2.32. The monoisotopic (exact) mass is 289 g/mol. The van der Waals surface area contributed by atoms with E-state index in [9.17, 15) is 4.79 Å². The Morgan fingerprint density at radius 3 is 2.59 bits per heavy atom. The van der Waals surface area contributed by atoms with Gasteiger partial charge in [-0.3, -0.25) is 4.79 Å². The van der Waals surface area contributed by atoms with E-state index in [1.165, 1.54) is 0 Å². The Morgan fingerprint density at radius 1 is 1.12 bits per heavy atom. The van der Waals surface area contributed by atoms with E-state index < -0.39 is 0 Å². The smallest absolute Gasteiger partial charge is 0.255 e. The van der Waals surface area contributed by atoms with Gasteiger partial charge >= 0.3 is 0 Å². The summed E-state index contributed by atoms with van der Waals surface area (Å²) >= 11 is 3.40. The van der Waals surface area contributed by atoms with Crippen LogP contribution in [-0.4, -0.2) is 5.91 Å². The number of carbonyl (C=O) groups is 1. The van der Waals surface area contributed by atoms with E-state index in [1.807, 2.05) is 49.4 Å². The highest BCUT2D eigenvalue weighted by Crippen LogP contribution is 2.21. The lowest BCUT2D eigenvalue weighted by Gasteiger charge is -2.07. The maximum atomic E-state index is 12.0. The fourth-order valence-corrected chi connectivity index (χ4v) is 1.93. The summed E-state index contributed by atoms with van der Waals surface area (Å²) < 4.78 is 0.876. The summed E-state index contributed by atoms with van der Waals surface area (Å²) in [6.07, 6.45) is 0. The number of nitrogens with one attached hydrogen (secondary N) is 1. The van der Waals surface area contributed by atoms with Crippen LogP contribution in [-0.2, 0) is 0 Å². The van der Waals surface area contributed by atoms with E-state index in [1.54, 1.807) is 6.07 Å². The molecule has 0 heterocycles. The summed E-state index contributed by atoms with van der Waals surface area (Å²) in [7, 11) is 0. The largest absolute Gasteiger partial charge is 0.321 e. The number of hydrogen-bond acceptors (Lipinski definition) is 1. The zero-order valence-electron chi connectivity index (χ0n) is 9.41. The average molecular weight is 290 g/mol. The molecular weight excluding hydrogens is 278 g/mol. The Bertz CT molecular complexity index is 551. The second-order valence-corrected chi connectivity index (χ2v) is 4.66. The van der Waals surface area contributed by atoms with E-state index in [0.29, 0.717) is 5.56 Å². The van der Waals surface area contributed by atoms with Gasteiger partial charge in [-0.05, 0) is 47.1 Å². The molecule has 0 radical (unpaired) electrons. The zero-order chi connectivity index (χ0) is 12.3. The maximum absolute atomic E-state index is 12.0. The lowest BCUT2D eigenvalue weighted by Crippen LogP contribution is -2.12. The Hall–Kier alpha value is -1.61. The summed E-state index contributed by atoms with van der Waals surface area (Å²) in [5.41, 5.74) is 2.52. The number of benzene rings is 2. The van der Waals surface area contributed by atoms with Gasteiger partial charge in [0.1, 0.15) is 0 Å². The number of para-hydroxylation sites is 1. The normalized spacial score (nSPS) is 10.0. The fourth-order valence-electron chi connectivity index (χ4n) is 1.54. The molecule has 0 bridgehead atoms. The van der Waals surface area contributed by atoms with Crippen LogP contribution in [0.3, 0.4) is 0 Å². The summed E-state index contributed by atoms with van der Waals surface area (Å²) in [6, 6.07) is 15.1. The van der Waals surface area contributed by atoms with Crippen molar-refractivity contribution >= 4 is 27.5 Å². The van der Waals surface area contributed by atoms with E-state index in [0.717, 1.165) is 15.7 Å². The number of amides is 1. The van der Waals surface area contributed by atoms with E-state index >= 15 is 0 Å². The van der Waals surface area contributed by atoms with Crippen LogP contribution >= 0.6 is 15.9 Å². The second-order valence-electron chi connectivity index (χ2n) is 3.80. The molecule has 2 nitrogen and oxygen atoms in total. The molecule has 86 valence electrons. The summed E-state index contributed by atoms with van der Waals surface area (Å²) in [5.74, 6) is -0.0967. The van der Waals surface area contributed by atoms with Crippen molar-refractivity contribution in [2.24, 2.45) is 0 Å². The number of hydrogen-bond donors (Lipinski definition) is 1. The molecule has 0 unspecified atom stereocenters. The maximum Gasteiger partial charge on any atom is 0.255 e. The Kier molecular flexibility index (Phi) is 3.59. The molecular formula is C14H12BrNO. The molecule has 3 heteroatoms. The van der Waals surface area contributed by atoms with Crippen molar-refractivity contribution in [1.82, 2.24) is 0 Å². The molecule has 2 rings (SSSR count). The highest BCUT2D eigenvalue weighted by molar-refractivity contribution is 9.10. The molecule has 1 amide bonds. The molecule has 2 aromatic carbocycles. The van der Waals surface area contributed by atoms with E-state index in [4.69, 9.17) is 0 Å². The van der Waals surface area contributed by atoms with Gasteiger partial charge in [0.05, 0.1) is 5.69 Å². The van der Waals surface area contributed by atoms with Crippen LogP contribution in [0.4, 0.5) is 5.69 Å². The molecule has 0 spiro atoms. The van der Waals surface area contributed by atoms with Crippen LogP contribution in [0.15, 0.2) is 53.0 Å². The van der Waals surface area contributed by atoms with E-state index in [-0.39, 0.29) is 5.91 Å². The van der Waals surface area contributed by atoms with Gasteiger partial charge in [-0.15, -0.1) is 0 Å². The molecule has 1 N–H and O–H groups in total. The number of halogens is 1. The lowest BCUT2D eigenvalue weighted by molar-refractivity contribution is 0.102. The predicted molar refractivity (Wildman–Crippen MR) is 73.3 cm³/mol. The van der Waals surface area contributed by atoms with Crippen LogP contribution in [0.1, 0.15) is 15.9 Å². The third-order valence-electron chi connectivity index (χ3n) is 2.40. The minimum absolute atomic E-state index is 0.0967. The van der Waals surface area contributed by atoms with Gasteiger partial charge in [0, 0.05) is 10.0 Å². The van der Waals surface area contributed by atoms with E-state index in [2.05, 4.69) is 21.2 Å². The second kappa shape index (κ2) is 5.15. The molecule has 17 heavy (non-hydrogen) atoms. The first-order valence-corrected chi connectivity index (χ1v) is 6.08. The molecule has 0 saturated heterocycles. The third kappa shape index (κ3) is 2.94. The Labute approximate surface area is 109 Å². The summed E-state index contributed by atoms with van der Waals surface area (Å²) in [6.45, 7) is 1.97. The first-order chi connectivity index (χ1) is 8.16. The third-order valence-corrected chi connectivity index (χ3v) is 3.09. The quantitative estimate of drug-likeness (QED) is 0.889. The van der Waals surface area contributed by atoms with Crippen LogP contribution in [0.2, 0.25) is 0 Å². The standard InChI is InChI=1S/C14H12BrNO/c1-10-5-4-6-11(9-10)14(17)16-13-8-3-2-7-12(13)15/h2-9H,1H3,(H,16,17). The fraction of sp³-hybridized carbons (Fsp3) is 0.0714. The SMILES string of the molecule is Cc1cccc(C(=O)Nc2ccccc2Br)c1. The Morgan fingerprint density at radius 2 is 1.88 bits per heavy atom.